The first-order valence-electron chi connectivity index (χ1n) is 15.9. The lowest BCUT2D eigenvalue weighted by Crippen LogP contribution is -2.60. The van der Waals surface area contributed by atoms with E-state index in [9.17, 15) is 9.65 Å². The Labute approximate surface area is 273 Å². The Kier molecular flexibility index (Phi) is 6.39. The number of halogens is 3. The second-order valence-corrected chi connectivity index (χ2v) is 14.8. The first kappa shape index (κ1) is 28.7. The molecule has 4 fully saturated rings. The van der Waals surface area contributed by atoms with Gasteiger partial charge in [-0.05, 0) is 50.8 Å². The van der Waals surface area contributed by atoms with Gasteiger partial charge in [-0.25, -0.2) is 8.78 Å². The van der Waals surface area contributed by atoms with Crippen LogP contribution in [0.4, 0.5) is 19.6 Å². The zero-order chi connectivity index (χ0) is 31.5. The molecule has 0 aliphatic carbocycles. The van der Waals surface area contributed by atoms with Crippen LogP contribution in [0.1, 0.15) is 44.6 Å². The molecule has 4 saturated heterocycles. The van der Waals surface area contributed by atoms with E-state index in [1.807, 2.05) is 13.0 Å². The third-order valence-electron chi connectivity index (χ3n) is 11.0. The molecule has 9 nitrogen and oxygen atoms in total. The van der Waals surface area contributed by atoms with Gasteiger partial charge in [-0.15, -0.1) is 11.3 Å². The summed E-state index contributed by atoms with van der Waals surface area (Å²) in [5.74, 6) is 0.182. The number of nitrogens with zero attached hydrogens (tertiary/aromatic N) is 5. The average Bonchev–Trinajstić information content (AvgIpc) is 3.76. The number of anilines is 2. The number of hydrogen-bond acceptors (Lipinski definition) is 10. The summed E-state index contributed by atoms with van der Waals surface area (Å²) >= 11 is 8.40. The molecule has 0 radical (unpaired) electrons. The molecule has 4 unspecified atom stereocenters. The standard InChI is InChI=1S/C33H32ClF2N7O2S/c1-15(33-8-3-9-42(33)12-16(35)10-33)45-32-40-28-25-29(44-14-21-20-7-6-17(39-20)13-43(21)31(25)41-32)26(34)24(27(28)36)18-4-2-5-22-23(18)19(11-37)30(38)46-22/h2,4-5,15-17,20-21,39H,3,6-10,12-14,38H2,1H3/t15?,16-,17?,20?,21?,33+/m1/s1. The van der Waals surface area contributed by atoms with E-state index in [1.165, 1.54) is 11.3 Å². The van der Waals surface area contributed by atoms with E-state index >= 15 is 4.39 Å². The van der Waals surface area contributed by atoms with Crippen molar-refractivity contribution in [3.63, 3.8) is 0 Å². The number of aromatic nitrogens is 2. The van der Waals surface area contributed by atoms with Crippen molar-refractivity contribution in [2.45, 2.75) is 75.0 Å². The van der Waals surface area contributed by atoms with Crippen molar-refractivity contribution in [1.29, 1.82) is 5.26 Å². The van der Waals surface area contributed by atoms with Gasteiger partial charge in [0, 0.05) is 47.2 Å². The van der Waals surface area contributed by atoms with Gasteiger partial charge >= 0.3 is 6.01 Å². The van der Waals surface area contributed by atoms with Gasteiger partial charge in [0.15, 0.2) is 11.6 Å². The molecule has 5 aliphatic rings. The molecule has 238 valence electrons. The van der Waals surface area contributed by atoms with E-state index in [4.69, 9.17) is 36.8 Å². The Morgan fingerprint density at radius 1 is 1.28 bits per heavy atom. The smallest absolute Gasteiger partial charge is 0.319 e. The number of nitrogens with two attached hydrogens (primary N) is 1. The van der Waals surface area contributed by atoms with Crippen LogP contribution in [-0.4, -0.2) is 77.0 Å². The summed E-state index contributed by atoms with van der Waals surface area (Å²) in [6.07, 6.45) is 2.86. The lowest BCUT2D eigenvalue weighted by atomic mass is 9.88. The van der Waals surface area contributed by atoms with Crippen molar-refractivity contribution in [2.75, 3.05) is 36.9 Å². The van der Waals surface area contributed by atoms with E-state index < -0.39 is 23.6 Å². The number of alkyl halides is 1. The molecule has 2 bridgehead atoms. The maximum absolute atomic E-state index is 17.2. The number of benzene rings is 2. The van der Waals surface area contributed by atoms with E-state index in [0.717, 1.165) is 36.9 Å². The van der Waals surface area contributed by atoms with E-state index in [0.29, 0.717) is 59.0 Å². The van der Waals surface area contributed by atoms with Gasteiger partial charge in [0.25, 0.3) is 0 Å². The SMILES string of the molecule is CC(Oc1nc2c3c(c(Cl)c(-c4cccc5sc(N)c(C#N)c45)c(F)c3n1)OCC1C3CCC(CN21)N3)[C@@]12CCCN1C[C@H](F)C2. The van der Waals surface area contributed by atoms with Crippen molar-refractivity contribution in [1.82, 2.24) is 20.2 Å². The van der Waals surface area contributed by atoms with Crippen LogP contribution in [0.5, 0.6) is 11.8 Å². The molecule has 13 heteroatoms. The molecule has 0 spiro atoms. The zero-order valence-electron chi connectivity index (χ0n) is 25.2. The quantitative estimate of drug-likeness (QED) is 0.280. The molecule has 0 amide bonds. The van der Waals surface area contributed by atoms with Crippen LogP contribution in [0.3, 0.4) is 0 Å². The number of ether oxygens (including phenoxy) is 2. The van der Waals surface area contributed by atoms with E-state index in [1.54, 1.807) is 12.1 Å². The van der Waals surface area contributed by atoms with E-state index in [2.05, 4.69) is 21.2 Å². The third-order valence-corrected chi connectivity index (χ3v) is 12.3. The molecule has 2 aromatic carbocycles. The summed E-state index contributed by atoms with van der Waals surface area (Å²) < 4.78 is 45.7. The minimum atomic E-state index is -0.917. The fourth-order valence-corrected chi connectivity index (χ4v) is 10.2. The van der Waals surface area contributed by atoms with Crippen LogP contribution in [-0.2, 0) is 0 Å². The lowest BCUT2D eigenvalue weighted by Gasteiger charge is -2.40. The molecule has 2 aromatic heterocycles. The predicted molar refractivity (Wildman–Crippen MR) is 174 cm³/mol. The summed E-state index contributed by atoms with van der Waals surface area (Å²) in [6.45, 7) is 4.15. The molecule has 46 heavy (non-hydrogen) atoms. The molecule has 4 aromatic rings. The summed E-state index contributed by atoms with van der Waals surface area (Å²) in [5.41, 5.74) is 6.59. The maximum Gasteiger partial charge on any atom is 0.319 e. The Morgan fingerprint density at radius 3 is 3.00 bits per heavy atom. The predicted octanol–water partition coefficient (Wildman–Crippen LogP) is 5.80. The highest BCUT2D eigenvalue weighted by Crippen LogP contribution is 2.52. The highest BCUT2D eigenvalue weighted by atomic mass is 35.5. The first-order valence-corrected chi connectivity index (χ1v) is 17.1. The van der Waals surface area contributed by atoms with Crippen LogP contribution < -0.4 is 25.4 Å². The number of hydrogen-bond donors (Lipinski definition) is 2. The lowest BCUT2D eigenvalue weighted by molar-refractivity contribution is 0.0402. The number of nitrogens with one attached hydrogen (secondary N) is 1. The van der Waals surface area contributed by atoms with Crippen LogP contribution in [0.2, 0.25) is 5.02 Å². The fraction of sp³-hybridized carbons (Fsp3) is 0.485. The monoisotopic (exact) mass is 663 g/mol. The van der Waals surface area contributed by atoms with Gasteiger partial charge < -0.3 is 25.4 Å². The van der Waals surface area contributed by atoms with Crippen LogP contribution in [0, 0.1) is 17.1 Å². The Balaban J connectivity index is 1.27. The topological polar surface area (TPSA) is 113 Å². The Morgan fingerprint density at radius 2 is 2.15 bits per heavy atom. The summed E-state index contributed by atoms with van der Waals surface area (Å²) in [5, 5.41) is 15.1. The number of nitriles is 1. The summed E-state index contributed by atoms with van der Waals surface area (Å²) in [7, 11) is 0. The van der Waals surface area contributed by atoms with Crippen molar-refractivity contribution < 1.29 is 18.3 Å². The van der Waals surface area contributed by atoms with Crippen molar-refractivity contribution in [3.8, 4) is 29.0 Å². The molecule has 5 aliphatic heterocycles. The Hall–Kier alpha value is -3.50. The molecule has 9 rings (SSSR count). The highest BCUT2D eigenvalue weighted by molar-refractivity contribution is 7.23. The molecule has 6 atom stereocenters. The number of piperazine rings is 1. The van der Waals surface area contributed by atoms with E-state index in [-0.39, 0.29) is 45.8 Å². The van der Waals surface area contributed by atoms with Gasteiger partial charge in [-0.1, -0.05) is 23.7 Å². The molecule has 0 saturated carbocycles. The van der Waals surface area contributed by atoms with Gasteiger partial charge in [0.05, 0.1) is 27.6 Å². The number of nitrogen functional groups attached to an aromatic ring is 1. The van der Waals surface area contributed by atoms with Crippen LogP contribution >= 0.6 is 22.9 Å². The van der Waals surface area contributed by atoms with Gasteiger partial charge in [-0.2, -0.15) is 15.2 Å². The van der Waals surface area contributed by atoms with Crippen molar-refractivity contribution in [3.05, 3.63) is 34.6 Å². The van der Waals surface area contributed by atoms with Crippen LogP contribution in [0.25, 0.3) is 32.1 Å². The van der Waals surface area contributed by atoms with Crippen molar-refractivity contribution >= 4 is 54.7 Å². The largest absolute Gasteiger partial charge is 0.489 e. The normalized spacial score (nSPS) is 29.0. The molecule has 7 heterocycles. The summed E-state index contributed by atoms with van der Waals surface area (Å²) in [4.78, 5) is 14.1. The molecular weight excluding hydrogens is 632 g/mol. The Bertz CT molecular complexity index is 1990. The first-order chi connectivity index (χ1) is 22.3. The second-order valence-electron chi connectivity index (χ2n) is 13.3. The fourth-order valence-electron chi connectivity index (χ4n) is 8.90. The van der Waals surface area contributed by atoms with Gasteiger partial charge in [0.2, 0.25) is 0 Å². The number of rotatable bonds is 4. The van der Waals surface area contributed by atoms with Crippen LogP contribution in [0.15, 0.2) is 18.2 Å². The minimum absolute atomic E-state index is 0.0300. The average molecular weight is 664 g/mol. The van der Waals surface area contributed by atoms with Gasteiger partial charge in [-0.3, -0.25) is 4.90 Å². The number of thiophene rings is 1. The number of fused-ring (bicyclic) bond motifs is 7. The second kappa shape index (κ2) is 10.2. The molecule has 3 N–H and O–H groups in total. The maximum atomic E-state index is 17.2. The minimum Gasteiger partial charge on any atom is -0.489 e. The highest BCUT2D eigenvalue weighted by Gasteiger charge is 2.53. The van der Waals surface area contributed by atoms with Crippen molar-refractivity contribution in [2.24, 2.45) is 0 Å². The molecular formula is C33H32ClF2N7O2S. The zero-order valence-corrected chi connectivity index (χ0v) is 26.7. The third kappa shape index (κ3) is 3.95. The summed E-state index contributed by atoms with van der Waals surface area (Å²) in [6, 6.07) is 8.00. The van der Waals surface area contributed by atoms with Gasteiger partial charge in [0.1, 0.15) is 41.3 Å².